The molecule has 0 atom stereocenters. The number of benzene rings is 1. The fraction of sp³-hybridized carbons (Fsp3) is 0. The van der Waals surface area contributed by atoms with Crippen LogP contribution in [-0.4, -0.2) is 9.91 Å². The molecule has 0 bridgehead atoms. The van der Waals surface area contributed by atoms with E-state index < -0.39 is 4.92 Å². The van der Waals surface area contributed by atoms with Gasteiger partial charge in [0.05, 0.1) is 16.2 Å². The maximum Gasteiger partial charge on any atom is 0.304 e. The first-order chi connectivity index (χ1) is 7.18. The molecule has 1 aromatic carbocycles. The minimum absolute atomic E-state index is 0.00782. The van der Waals surface area contributed by atoms with E-state index in [9.17, 15) is 14.9 Å². The van der Waals surface area contributed by atoms with Crippen LogP contribution < -0.4 is 4.87 Å². The Hall–Kier alpha value is -1.95. The predicted octanol–water partition coefficient (Wildman–Crippen LogP) is 2.01. The van der Waals surface area contributed by atoms with E-state index in [0.717, 1.165) is 11.3 Å². The van der Waals surface area contributed by atoms with Crippen molar-refractivity contribution >= 4 is 17.0 Å². The lowest BCUT2D eigenvalue weighted by molar-refractivity contribution is -0.384. The summed E-state index contributed by atoms with van der Waals surface area (Å²) in [7, 11) is 0. The van der Waals surface area contributed by atoms with Crippen molar-refractivity contribution in [3.05, 3.63) is 49.4 Å². The Balaban J connectivity index is 2.62. The Morgan fingerprint density at radius 2 is 2.07 bits per heavy atom. The molecule has 2 rings (SSSR count). The van der Waals surface area contributed by atoms with E-state index in [0.29, 0.717) is 11.3 Å². The second-order valence-electron chi connectivity index (χ2n) is 2.84. The number of aromatic amines is 1. The summed E-state index contributed by atoms with van der Waals surface area (Å²) in [5.41, 5.74) is 0.907. The van der Waals surface area contributed by atoms with Gasteiger partial charge in [-0.05, 0) is 6.07 Å². The Kier molecular flexibility index (Phi) is 2.34. The van der Waals surface area contributed by atoms with E-state index in [-0.39, 0.29) is 10.6 Å². The molecule has 1 N–H and O–H groups in total. The summed E-state index contributed by atoms with van der Waals surface area (Å²) in [5, 5.41) is 12.3. The van der Waals surface area contributed by atoms with Gasteiger partial charge in [-0.3, -0.25) is 14.9 Å². The number of nitro benzene ring substituents is 1. The molecule has 0 fully saturated rings. The first-order valence-electron chi connectivity index (χ1n) is 4.10. The van der Waals surface area contributed by atoms with Crippen LogP contribution in [0.3, 0.4) is 0 Å². The van der Waals surface area contributed by atoms with E-state index in [1.54, 1.807) is 23.6 Å². The number of rotatable bonds is 2. The molecule has 0 aliphatic carbocycles. The number of thiazole rings is 1. The van der Waals surface area contributed by atoms with Crippen LogP contribution in [0.1, 0.15) is 0 Å². The van der Waals surface area contributed by atoms with Crippen LogP contribution >= 0.6 is 11.3 Å². The molecule has 0 radical (unpaired) electrons. The second-order valence-corrected chi connectivity index (χ2v) is 3.68. The Morgan fingerprint density at radius 3 is 2.67 bits per heavy atom. The molecule has 76 valence electrons. The zero-order valence-electron chi connectivity index (χ0n) is 7.47. The fourth-order valence-electron chi connectivity index (χ4n) is 1.27. The quantitative estimate of drug-likeness (QED) is 0.623. The van der Waals surface area contributed by atoms with Crippen LogP contribution in [0.2, 0.25) is 0 Å². The van der Waals surface area contributed by atoms with Crippen LogP contribution in [0.25, 0.3) is 11.3 Å². The number of para-hydroxylation sites is 1. The zero-order valence-corrected chi connectivity index (χ0v) is 8.28. The molecule has 0 saturated carbocycles. The van der Waals surface area contributed by atoms with E-state index in [2.05, 4.69) is 4.98 Å². The summed E-state index contributed by atoms with van der Waals surface area (Å²) in [6.45, 7) is 0. The van der Waals surface area contributed by atoms with Crippen molar-refractivity contribution in [1.29, 1.82) is 0 Å². The molecule has 1 aromatic heterocycles. The third-order valence-corrected chi connectivity index (χ3v) is 2.58. The number of hydrogen-bond acceptors (Lipinski definition) is 4. The Bertz CT molecular complexity index is 558. The van der Waals surface area contributed by atoms with E-state index in [4.69, 9.17) is 0 Å². The predicted molar refractivity (Wildman–Crippen MR) is 57.0 cm³/mol. The van der Waals surface area contributed by atoms with Crippen LogP contribution in [-0.2, 0) is 0 Å². The molecular formula is C9H6N2O3S. The Labute approximate surface area is 88.2 Å². The van der Waals surface area contributed by atoms with Crippen molar-refractivity contribution in [2.45, 2.75) is 0 Å². The highest BCUT2D eigenvalue weighted by molar-refractivity contribution is 7.07. The van der Waals surface area contributed by atoms with Gasteiger partial charge in [-0.2, -0.15) is 0 Å². The minimum atomic E-state index is -0.467. The molecule has 0 aliphatic rings. The fourth-order valence-corrected chi connectivity index (χ4v) is 1.85. The zero-order chi connectivity index (χ0) is 10.8. The highest BCUT2D eigenvalue weighted by Gasteiger charge is 2.14. The SMILES string of the molecule is O=c1[nH]c(-c2ccccc2[N+](=O)[O-])cs1. The average Bonchev–Trinajstić information content (AvgIpc) is 2.65. The van der Waals surface area contributed by atoms with Crippen molar-refractivity contribution < 1.29 is 4.92 Å². The second kappa shape index (κ2) is 3.66. The smallest absolute Gasteiger partial charge is 0.304 e. The lowest BCUT2D eigenvalue weighted by atomic mass is 10.1. The van der Waals surface area contributed by atoms with Gasteiger partial charge in [0.15, 0.2) is 0 Å². The van der Waals surface area contributed by atoms with Gasteiger partial charge in [-0.25, -0.2) is 0 Å². The van der Waals surface area contributed by atoms with Crippen molar-refractivity contribution in [1.82, 2.24) is 4.98 Å². The van der Waals surface area contributed by atoms with Crippen LogP contribution in [0, 0.1) is 10.1 Å². The molecule has 15 heavy (non-hydrogen) atoms. The molecular weight excluding hydrogens is 216 g/mol. The molecule has 2 aromatic rings. The third-order valence-electron chi connectivity index (χ3n) is 1.91. The number of aromatic nitrogens is 1. The largest absolute Gasteiger partial charge is 0.312 e. The van der Waals surface area contributed by atoms with Crippen molar-refractivity contribution in [2.24, 2.45) is 0 Å². The third kappa shape index (κ3) is 1.79. The highest BCUT2D eigenvalue weighted by atomic mass is 32.1. The number of hydrogen-bond donors (Lipinski definition) is 1. The standard InChI is InChI=1S/C9H6N2O3S/c12-9-10-7(5-15-9)6-3-1-2-4-8(6)11(13)14/h1-5H,(H,10,12). The van der Waals surface area contributed by atoms with Crippen LogP contribution in [0.5, 0.6) is 0 Å². The van der Waals surface area contributed by atoms with Crippen LogP contribution in [0.4, 0.5) is 5.69 Å². The first-order valence-corrected chi connectivity index (χ1v) is 4.98. The van der Waals surface area contributed by atoms with Gasteiger partial charge in [0.25, 0.3) is 5.69 Å². The number of nitro groups is 1. The normalized spacial score (nSPS) is 10.1. The maximum atomic E-state index is 10.9. The summed E-state index contributed by atoms with van der Waals surface area (Å²) in [4.78, 5) is 23.5. The minimum Gasteiger partial charge on any atom is -0.312 e. The summed E-state index contributed by atoms with van der Waals surface area (Å²) in [5.74, 6) is 0. The maximum absolute atomic E-state index is 10.9. The van der Waals surface area contributed by atoms with Gasteiger partial charge in [0.1, 0.15) is 0 Å². The van der Waals surface area contributed by atoms with E-state index in [1.807, 2.05) is 0 Å². The molecule has 0 unspecified atom stereocenters. The molecule has 0 spiro atoms. The van der Waals surface area contributed by atoms with Gasteiger partial charge in [-0.15, -0.1) is 0 Å². The van der Waals surface area contributed by atoms with Crippen molar-refractivity contribution in [3.63, 3.8) is 0 Å². The lowest BCUT2D eigenvalue weighted by Gasteiger charge is -1.98. The average molecular weight is 222 g/mol. The summed E-state index contributed by atoms with van der Waals surface area (Å²) in [6, 6.07) is 6.30. The Morgan fingerprint density at radius 1 is 1.33 bits per heavy atom. The van der Waals surface area contributed by atoms with Gasteiger partial charge in [0.2, 0.25) is 0 Å². The summed E-state index contributed by atoms with van der Waals surface area (Å²) >= 11 is 0.986. The molecule has 0 amide bonds. The molecule has 6 heteroatoms. The topological polar surface area (TPSA) is 76.0 Å². The lowest BCUT2D eigenvalue weighted by Crippen LogP contribution is -1.95. The molecule has 1 heterocycles. The van der Waals surface area contributed by atoms with Gasteiger partial charge >= 0.3 is 4.87 Å². The number of H-pyrrole nitrogens is 1. The number of nitrogens with one attached hydrogen (secondary N) is 1. The molecule has 5 nitrogen and oxygen atoms in total. The van der Waals surface area contributed by atoms with E-state index >= 15 is 0 Å². The van der Waals surface area contributed by atoms with Crippen molar-refractivity contribution in [3.8, 4) is 11.3 Å². The van der Waals surface area contributed by atoms with Gasteiger partial charge in [-0.1, -0.05) is 23.5 Å². The van der Waals surface area contributed by atoms with Gasteiger partial charge < -0.3 is 4.98 Å². The summed E-state index contributed by atoms with van der Waals surface area (Å²) in [6.07, 6.45) is 0. The van der Waals surface area contributed by atoms with Gasteiger partial charge in [0, 0.05) is 11.4 Å². The number of nitrogens with zero attached hydrogens (tertiary/aromatic N) is 1. The van der Waals surface area contributed by atoms with E-state index in [1.165, 1.54) is 6.07 Å². The monoisotopic (exact) mass is 222 g/mol. The van der Waals surface area contributed by atoms with Crippen LogP contribution in [0.15, 0.2) is 34.4 Å². The first kappa shape index (κ1) is 9.60. The molecule has 0 saturated heterocycles. The molecule has 0 aliphatic heterocycles. The highest BCUT2D eigenvalue weighted by Crippen LogP contribution is 2.27. The summed E-state index contributed by atoms with van der Waals surface area (Å²) < 4.78 is 0. The van der Waals surface area contributed by atoms with Crippen molar-refractivity contribution in [2.75, 3.05) is 0 Å².